The quantitative estimate of drug-likeness (QED) is 0.0818. The highest BCUT2D eigenvalue weighted by atomic mass is 35.5. The molecule has 0 unspecified atom stereocenters. The standard InChI is InChI=1S/C47H53ClN8O8S/c1-30-28-62-19-18-55(30)27-35-29-63-43-23-38(22-41(56(58)59)44(43)51-35)65(60,61)52-46(57)39-9-8-36(21-42(39)64-37-20-32-11-13-49-45(32)50-25-37)54-16-14-53(15-17-54)26-33-10-12-47(2,3)24-40(33)31-4-6-34(48)7-5-31/h4-9,11,13,20-23,25,30,35,51H,10,12,14-19,24,26-29H2,1-3H3,(H,49,50)(H,52,57)/t30-,35+/m1/s1. The van der Waals surface area contributed by atoms with Crippen molar-refractivity contribution in [3.8, 4) is 17.2 Å². The molecule has 5 heterocycles. The molecular weight excluding hydrogens is 872 g/mol. The number of morpholine rings is 1. The summed E-state index contributed by atoms with van der Waals surface area (Å²) < 4.78 is 47.8. The zero-order valence-electron chi connectivity index (χ0n) is 36.6. The first kappa shape index (κ1) is 44.5. The van der Waals surface area contributed by atoms with E-state index in [-0.39, 0.29) is 46.9 Å². The maximum Gasteiger partial charge on any atom is 0.297 e. The number of pyridine rings is 1. The van der Waals surface area contributed by atoms with Gasteiger partial charge < -0.3 is 29.4 Å². The minimum absolute atomic E-state index is 0.000771. The Hall–Kier alpha value is -5.72. The third kappa shape index (κ3) is 9.94. The average molecular weight is 926 g/mol. The molecule has 1 amide bonds. The van der Waals surface area contributed by atoms with E-state index in [1.54, 1.807) is 24.4 Å². The number of nitro groups is 1. The van der Waals surface area contributed by atoms with Gasteiger partial charge >= 0.3 is 0 Å². The molecule has 1 aliphatic carbocycles. The van der Waals surface area contributed by atoms with Gasteiger partial charge in [-0.3, -0.25) is 24.7 Å². The van der Waals surface area contributed by atoms with Crippen molar-refractivity contribution in [3.05, 3.63) is 111 Å². The van der Waals surface area contributed by atoms with Crippen LogP contribution in [0, 0.1) is 15.5 Å². The predicted octanol–water partition coefficient (Wildman–Crippen LogP) is 7.72. The minimum atomic E-state index is -4.66. The van der Waals surface area contributed by atoms with Crippen molar-refractivity contribution in [1.82, 2.24) is 24.5 Å². The van der Waals surface area contributed by atoms with Crippen LogP contribution in [-0.2, 0) is 14.8 Å². The predicted molar refractivity (Wildman–Crippen MR) is 250 cm³/mol. The third-order valence-electron chi connectivity index (χ3n) is 12.9. The van der Waals surface area contributed by atoms with Gasteiger partial charge in [-0.2, -0.15) is 0 Å². The summed E-state index contributed by atoms with van der Waals surface area (Å²) in [4.78, 5) is 39.7. The Labute approximate surface area is 383 Å². The molecule has 2 saturated heterocycles. The highest BCUT2D eigenvalue weighted by Gasteiger charge is 2.34. The van der Waals surface area contributed by atoms with Crippen LogP contribution in [0.4, 0.5) is 17.1 Å². The van der Waals surface area contributed by atoms with Crippen LogP contribution in [0.2, 0.25) is 5.02 Å². The number of allylic oxidation sites excluding steroid dienone is 1. The van der Waals surface area contributed by atoms with Gasteiger partial charge in [0.1, 0.15) is 23.8 Å². The van der Waals surface area contributed by atoms with E-state index in [0.29, 0.717) is 50.8 Å². The molecule has 4 aliphatic rings. The number of aromatic nitrogens is 2. The molecular formula is C47H53ClN8O8S. The maximum atomic E-state index is 14.1. The Morgan fingerprint density at radius 3 is 2.62 bits per heavy atom. The van der Waals surface area contributed by atoms with Crippen LogP contribution in [0.15, 0.2) is 89.6 Å². The number of halogens is 1. The van der Waals surface area contributed by atoms with Crippen LogP contribution >= 0.6 is 11.6 Å². The third-order valence-corrected chi connectivity index (χ3v) is 14.4. The van der Waals surface area contributed by atoms with E-state index in [0.717, 1.165) is 61.1 Å². The van der Waals surface area contributed by atoms with Crippen LogP contribution in [0.25, 0.3) is 16.6 Å². The van der Waals surface area contributed by atoms with Crippen molar-refractivity contribution in [1.29, 1.82) is 0 Å². The molecule has 9 rings (SSSR count). The number of ether oxygens (including phenoxy) is 3. The van der Waals surface area contributed by atoms with E-state index in [4.69, 9.17) is 25.8 Å². The number of aromatic amines is 1. The van der Waals surface area contributed by atoms with Gasteiger partial charge in [-0.05, 0) is 79.1 Å². The monoisotopic (exact) mass is 924 g/mol. The lowest BCUT2D eigenvalue weighted by atomic mass is 9.72. The van der Waals surface area contributed by atoms with Crippen molar-refractivity contribution in [2.24, 2.45) is 5.41 Å². The lowest BCUT2D eigenvalue weighted by Gasteiger charge is -2.39. The molecule has 3 aliphatic heterocycles. The average Bonchev–Trinajstić information content (AvgIpc) is 3.76. The Morgan fingerprint density at radius 1 is 1.05 bits per heavy atom. The molecule has 2 atom stereocenters. The molecule has 2 aromatic heterocycles. The topological polar surface area (TPSA) is 184 Å². The van der Waals surface area contributed by atoms with Crippen molar-refractivity contribution in [2.45, 2.75) is 57.0 Å². The van der Waals surface area contributed by atoms with Gasteiger partial charge in [0.15, 0.2) is 11.4 Å². The molecule has 5 aromatic rings. The fraction of sp³-hybridized carbons (Fsp3) is 0.404. The number of benzene rings is 3. The van der Waals surface area contributed by atoms with Crippen molar-refractivity contribution < 1.29 is 32.3 Å². The largest absolute Gasteiger partial charge is 0.489 e. The summed E-state index contributed by atoms with van der Waals surface area (Å²) in [7, 11) is -4.66. The molecule has 65 heavy (non-hydrogen) atoms. The number of amides is 1. The first-order chi connectivity index (χ1) is 31.2. The van der Waals surface area contributed by atoms with Crippen LogP contribution in [0.5, 0.6) is 17.2 Å². The molecule has 342 valence electrons. The van der Waals surface area contributed by atoms with Crippen molar-refractivity contribution in [2.75, 3.05) is 75.9 Å². The highest BCUT2D eigenvalue weighted by Crippen LogP contribution is 2.44. The number of hydrogen-bond donors (Lipinski definition) is 3. The summed E-state index contributed by atoms with van der Waals surface area (Å²) in [5, 5.41) is 17.1. The molecule has 0 saturated carbocycles. The second-order valence-corrected chi connectivity index (χ2v) is 20.3. The number of anilines is 2. The normalized spacial score (nSPS) is 20.5. The number of hydrogen-bond acceptors (Lipinski definition) is 13. The number of piperazine rings is 1. The smallest absolute Gasteiger partial charge is 0.297 e. The first-order valence-electron chi connectivity index (χ1n) is 22.0. The lowest BCUT2D eigenvalue weighted by molar-refractivity contribution is -0.384. The summed E-state index contributed by atoms with van der Waals surface area (Å²) >= 11 is 6.25. The number of fused-ring (bicyclic) bond motifs is 2. The zero-order valence-corrected chi connectivity index (χ0v) is 38.2. The number of sulfonamides is 1. The fourth-order valence-electron chi connectivity index (χ4n) is 9.20. The van der Waals surface area contributed by atoms with Gasteiger partial charge in [-0.15, -0.1) is 0 Å². The summed E-state index contributed by atoms with van der Waals surface area (Å²) in [6, 6.07) is 18.8. The van der Waals surface area contributed by atoms with E-state index >= 15 is 0 Å². The second kappa shape index (κ2) is 18.3. The van der Waals surface area contributed by atoms with Gasteiger partial charge in [0.2, 0.25) is 0 Å². The highest BCUT2D eigenvalue weighted by molar-refractivity contribution is 7.90. The van der Waals surface area contributed by atoms with Gasteiger partial charge in [0, 0.05) is 92.3 Å². The van der Waals surface area contributed by atoms with E-state index in [9.17, 15) is 23.3 Å². The number of carbonyl (C=O) groups excluding carboxylic acids is 1. The Bertz CT molecular complexity index is 2750. The zero-order chi connectivity index (χ0) is 45.5. The van der Waals surface area contributed by atoms with Gasteiger partial charge in [0.25, 0.3) is 21.6 Å². The molecule has 0 bridgehead atoms. The fourth-order valence-corrected chi connectivity index (χ4v) is 10.3. The number of H-pyrrole nitrogens is 1. The molecule has 0 spiro atoms. The summed E-state index contributed by atoms with van der Waals surface area (Å²) in [6.45, 7) is 13.2. The number of carbonyl (C=O) groups is 1. The van der Waals surface area contributed by atoms with Crippen molar-refractivity contribution >= 4 is 61.2 Å². The Morgan fingerprint density at radius 2 is 1.85 bits per heavy atom. The van der Waals surface area contributed by atoms with Crippen LogP contribution in [0.3, 0.4) is 0 Å². The van der Waals surface area contributed by atoms with Crippen molar-refractivity contribution in [3.63, 3.8) is 0 Å². The number of nitro benzene ring substituents is 1. The summed E-state index contributed by atoms with van der Waals surface area (Å²) in [5.74, 6) is -0.526. The van der Waals surface area contributed by atoms with Gasteiger partial charge in [0.05, 0.1) is 40.8 Å². The Kier molecular flexibility index (Phi) is 12.5. The summed E-state index contributed by atoms with van der Waals surface area (Å²) in [6.07, 6.45) is 6.46. The summed E-state index contributed by atoms with van der Waals surface area (Å²) in [5.41, 5.74) is 5.30. The van der Waals surface area contributed by atoms with Crippen LogP contribution in [-0.4, -0.2) is 117 Å². The Balaban J connectivity index is 0.937. The van der Waals surface area contributed by atoms with E-state index in [1.807, 2.05) is 25.1 Å². The number of nitrogens with one attached hydrogen (secondary N) is 3. The molecule has 18 heteroatoms. The van der Waals surface area contributed by atoms with Crippen LogP contribution < -0.4 is 24.4 Å². The van der Waals surface area contributed by atoms with Gasteiger partial charge in [-0.25, -0.2) is 18.1 Å². The molecule has 3 N–H and O–H groups in total. The number of nitrogens with zero attached hydrogens (tertiary/aromatic N) is 5. The first-order valence-corrected chi connectivity index (χ1v) is 23.8. The van der Waals surface area contributed by atoms with Gasteiger partial charge in [-0.1, -0.05) is 43.2 Å². The number of rotatable bonds is 12. The molecule has 0 radical (unpaired) electrons. The van der Waals surface area contributed by atoms with E-state index in [2.05, 4.69) is 60.7 Å². The van der Waals surface area contributed by atoms with E-state index in [1.165, 1.54) is 35.0 Å². The minimum Gasteiger partial charge on any atom is -0.489 e. The molecule has 3 aromatic carbocycles. The van der Waals surface area contributed by atoms with Crippen LogP contribution in [0.1, 0.15) is 56.0 Å². The second-order valence-electron chi connectivity index (χ2n) is 18.1. The SMILES string of the molecule is C[C@@H]1COCCN1C[C@H]1COc2cc(S(=O)(=O)NC(=O)c3ccc(N4CCN(CC5=C(c6ccc(Cl)cc6)CC(C)(C)CC5)CC4)cc3Oc3cnc4[nH]ccc4c3)cc([N+](=O)[O-])c2N1. The molecule has 2 fully saturated rings. The van der Waals surface area contributed by atoms with E-state index < -0.39 is 31.4 Å². The lowest BCUT2D eigenvalue weighted by Crippen LogP contribution is -2.50. The maximum absolute atomic E-state index is 14.1. The molecule has 16 nitrogen and oxygen atoms in total.